The summed E-state index contributed by atoms with van der Waals surface area (Å²) in [5.74, 6) is 2.29. The molecule has 8 nitrogen and oxygen atoms in total. The largest absolute Gasteiger partial charge is 0.493 e. The van der Waals surface area contributed by atoms with Crippen LogP contribution in [0.4, 0.5) is 5.82 Å². The number of rotatable bonds is 10. The molecule has 1 amide bonds. The molecule has 0 unspecified atom stereocenters. The zero-order valence-electron chi connectivity index (χ0n) is 16.1. The fraction of sp³-hybridized carbons (Fsp3) is 0.444. The maximum Gasteiger partial charge on any atom is 0.225 e. The number of hydrogen-bond donors (Lipinski definition) is 2. The Bertz CT molecular complexity index is 736. The minimum atomic E-state index is -0.0405. The summed E-state index contributed by atoms with van der Waals surface area (Å²) in [6, 6.07) is 5.47. The van der Waals surface area contributed by atoms with Gasteiger partial charge in [-0.15, -0.1) is 12.4 Å². The third-order valence-electron chi connectivity index (χ3n) is 3.92. The van der Waals surface area contributed by atoms with Crippen molar-refractivity contribution in [2.24, 2.45) is 0 Å². The SMILES string of the molecule is CNCCCC(=O)Nc1ccnn1Cc1ccc(OC)c(OC)c1OC.Cl. The van der Waals surface area contributed by atoms with E-state index in [2.05, 4.69) is 15.7 Å². The standard InChI is InChI=1S/C18H26N4O4.ClH/c1-19-10-5-6-16(23)21-15-9-11-20-22(15)12-13-7-8-14(24-2)18(26-4)17(13)25-3;/h7-9,11,19H,5-6,10,12H2,1-4H3,(H,21,23);1H. The molecule has 150 valence electrons. The van der Waals surface area contributed by atoms with E-state index in [0.29, 0.717) is 36.0 Å². The Morgan fingerprint density at radius 2 is 1.85 bits per heavy atom. The highest BCUT2D eigenvalue weighted by Gasteiger charge is 2.17. The number of nitrogens with one attached hydrogen (secondary N) is 2. The number of benzene rings is 1. The molecule has 2 N–H and O–H groups in total. The van der Waals surface area contributed by atoms with Gasteiger partial charge in [0, 0.05) is 18.1 Å². The topological polar surface area (TPSA) is 86.6 Å². The van der Waals surface area contributed by atoms with Crippen LogP contribution < -0.4 is 24.8 Å². The van der Waals surface area contributed by atoms with E-state index < -0.39 is 0 Å². The second-order valence-electron chi connectivity index (χ2n) is 5.62. The van der Waals surface area contributed by atoms with Crippen molar-refractivity contribution in [1.82, 2.24) is 15.1 Å². The molecule has 1 aromatic carbocycles. The van der Waals surface area contributed by atoms with E-state index in [9.17, 15) is 4.79 Å². The maximum atomic E-state index is 12.1. The molecule has 2 aromatic rings. The Balaban J connectivity index is 0.00000364. The summed E-state index contributed by atoms with van der Waals surface area (Å²) < 4.78 is 17.9. The van der Waals surface area contributed by atoms with Crippen LogP contribution in [0.2, 0.25) is 0 Å². The van der Waals surface area contributed by atoms with Gasteiger partial charge < -0.3 is 24.8 Å². The highest BCUT2D eigenvalue weighted by molar-refractivity contribution is 5.89. The summed E-state index contributed by atoms with van der Waals surface area (Å²) >= 11 is 0. The van der Waals surface area contributed by atoms with Gasteiger partial charge in [-0.3, -0.25) is 4.79 Å². The van der Waals surface area contributed by atoms with E-state index in [1.807, 2.05) is 19.2 Å². The normalized spacial score (nSPS) is 10.1. The average molecular weight is 399 g/mol. The zero-order chi connectivity index (χ0) is 18.9. The molecule has 0 saturated heterocycles. The molecular formula is C18H27ClN4O4. The van der Waals surface area contributed by atoms with Crippen molar-refractivity contribution in [3.05, 3.63) is 30.0 Å². The number of nitrogens with zero attached hydrogens (tertiary/aromatic N) is 2. The third-order valence-corrected chi connectivity index (χ3v) is 3.92. The highest BCUT2D eigenvalue weighted by Crippen LogP contribution is 2.40. The summed E-state index contributed by atoms with van der Waals surface area (Å²) in [6.45, 7) is 1.22. The van der Waals surface area contributed by atoms with Gasteiger partial charge in [-0.05, 0) is 32.1 Å². The van der Waals surface area contributed by atoms with Crippen molar-refractivity contribution < 1.29 is 19.0 Å². The first-order chi connectivity index (χ1) is 12.6. The number of carbonyl (C=O) groups is 1. The summed E-state index contributed by atoms with van der Waals surface area (Å²) in [6.07, 6.45) is 2.88. The van der Waals surface area contributed by atoms with Crippen LogP contribution in [0.1, 0.15) is 18.4 Å². The van der Waals surface area contributed by atoms with E-state index >= 15 is 0 Å². The molecule has 0 radical (unpaired) electrons. The molecule has 0 aliphatic heterocycles. The van der Waals surface area contributed by atoms with Crippen LogP contribution in [-0.4, -0.2) is 50.6 Å². The molecule has 9 heteroatoms. The monoisotopic (exact) mass is 398 g/mol. The van der Waals surface area contributed by atoms with E-state index in [0.717, 1.165) is 18.5 Å². The number of ether oxygens (including phenoxy) is 3. The lowest BCUT2D eigenvalue weighted by atomic mass is 10.1. The second kappa shape index (κ2) is 11.3. The number of hydrogen-bond acceptors (Lipinski definition) is 6. The Morgan fingerprint density at radius 1 is 1.11 bits per heavy atom. The predicted octanol–water partition coefficient (Wildman–Crippen LogP) is 2.32. The number of halogens is 1. The van der Waals surface area contributed by atoms with Gasteiger partial charge in [-0.2, -0.15) is 5.10 Å². The number of carbonyl (C=O) groups excluding carboxylic acids is 1. The number of amides is 1. The predicted molar refractivity (Wildman–Crippen MR) is 106 cm³/mol. The van der Waals surface area contributed by atoms with E-state index in [1.54, 1.807) is 38.3 Å². The van der Waals surface area contributed by atoms with E-state index in [4.69, 9.17) is 14.2 Å². The lowest BCUT2D eigenvalue weighted by molar-refractivity contribution is -0.116. The fourth-order valence-corrected chi connectivity index (χ4v) is 2.64. The second-order valence-corrected chi connectivity index (χ2v) is 5.62. The molecule has 1 heterocycles. The van der Waals surface area contributed by atoms with E-state index in [1.165, 1.54) is 0 Å². The van der Waals surface area contributed by atoms with Crippen molar-refractivity contribution in [1.29, 1.82) is 0 Å². The lowest BCUT2D eigenvalue weighted by Crippen LogP contribution is -2.18. The maximum absolute atomic E-state index is 12.1. The Morgan fingerprint density at radius 3 is 2.48 bits per heavy atom. The minimum absolute atomic E-state index is 0. The first kappa shape index (κ1) is 22.6. The van der Waals surface area contributed by atoms with Crippen LogP contribution in [0.3, 0.4) is 0 Å². The molecule has 2 rings (SSSR count). The number of aromatic nitrogens is 2. The Kier molecular flexibility index (Phi) is 9.46. The summed E-state index contributed by atoms with van der Waals surface area (Å²) in [5, 5.41) is 10.2. The average Bonchev–Trinajstić information content (AvgIpc) is 3.07. The Labute approximate surface area is 165 Å². The van der Waals surface area contributed by atoms with Gasteiger partial charge in [-0.25, -0.2) is 4.68 Å². The van der Waals surface area contributed by atoms with Crippen molar-refractivity contribution >= 4 is 24.1 Å². The van der Waals surface area contributed by atoms with Crippen molar-refractivity contribution in [2.75, 3.05) is 40.2 Å². The van der Waals surface area contributed by atoms with Crippen LogP contribution in [0.15, 0.2) is 24.4 Å². The van der Waals surface area contributed by atoms with Crippen LogP contribution in [0.25, 0.3) is 0 Å². The summed E-state index contributed by atoms with van der Waals surface area (Å²) in [4.78, 5) is 12.1. The molecule has 0 saturated carbocycles. The molecular weight excluding hydrogens is 372 g/mol. The first-order valence-electron chi connectivity index (χ1n) is 8.38. The molecule has 0 fully saturated rings. The number of anilines is 1. The van der Waals surface area contributed by atoms with Gasteiger partial charge >= 0.3 is 0 Å². The fourth-order valence-electron chi connectivity index (χ4n) is 2.64. The quantitative estimate of drug-likeness (QED) is 0.597. The highest BCUT2D eigenvalue weighted by atomic mass is 35.5. The van der Waals surface area contributed by atoms with Gasteiger partial charge in [0.2, 0.25) is 11.7 Å². The molecule has 0 aliphatic rings. The molecule has 0 aliphatic carbocycles. The third kappa shape index (κ3) is 5.77. The van der Waals surface area contributed by atoms with Crippen molar-refractivity contribution in [3.8, 4) is 17.2 Å². The van der Waals surface area contributed by atoms with Crippen molar-refractivity contribution in [3.63, 3.8) is 0 Å². The van der Waals surface area contributed by atoms with E-state index in [-0.39, 0.29) is 18.3 Å². The van der Waals surface area contributed by atoms with Gasteiger partial charge in [0.15, 0.2) is 11.5 Å². The zero-order valence-corrected chi connectivity index (χ0v) is 16.9. The smallest absolute Gasteiger partial charge is 0.225 e. The van der Waals surface area contributed by atoms with Crippen molar-refractivity contribution in [2.45, 2.75) is 19.4 Å². The van der Waals surface area contributed by atoms with Gasteiger partial charge in [0.1, 0.15) is 5.82 Å². The lowest BCUT2D eigenvalue weighted by Gasteiger charge is -2.16. The van der Waals surface area contributed by atoms with Gasteiger partial charge in [0.25, 0.3) is 0 Å². The van der Waals surface area contributed by atoms with Gasteiger partial charge in [0.05, 0.1) is 34.1 Å². The molecule has 0 atom stereocenters. The van der Waals surface area contributed by atoms with Crippen LogP contribution >= 0.6 is 12.4 Å². The molecule has 0 spiro atoms. The Hall–Kier alpha value is -2.45. The molecule has 1 aromatic heterocycles. The first-order valence-corrected chi connectivity index (χ1v) is 8.38. The molecule has 27 heavy (non-hydrogen) atoms. The number of methoxy groups -OCH3 is 3. The van der Waals surface area contributed by atoms with Crippen LogP contribution in [0, 0.1) is 0 Å². The minimum Gasteiger partial charge on any atom is -0.493 e. The van der Waals surface area contributed by atoms with Gasteiger partial charge in [-0.1, -0.05) is 0 Å². The van der Waals surface area contributed by atoms with Crippen LogP contribution in [-0.2, 0) is 11.3 Å². The van der Waals surface area contributed by atoms with Crippen LogP contribution in [0.5, 0.6) is 17.2 Å². The molecule has 0 bridgehead atoms. The summed E-state index contributed by atoms with van der Waals surface area (Å²) in [5.41, 5.74) is 0.861. The summed E-state index contributed by atoms with van der Waals surface area (Å²) in [7, 11) is 6.58.